The molecule has 17 heavy (non-hydrogen) atoms. The molecule has 0 aromatic heterocycles. The molecule has 0 atom stereocenters. The van der Waals surface area contributed by atoms with Crippen LogP contribution < -0.4 is 10.2 Å². The van der Waals surface area contributed by atoms with Crippen molar-refractivity contribution in [2.75, 3.05) is 31.1 Å². The number of nitrogens with zero attached hydrogens (tertiary/aromatic N) is 1. The van der Waals surface area contributed by atoms with Gasteiger partial charge in [0.15, 0.2) is 0 Å². The highest BCUT2D eigenvalue weighted by molar-refractivity contribution is 6.31. The first-order valence-electron chi connectivity index (χ1n) is 6.17. The Morgan fingerprint density at radius 3 is 2.76 bits per heavy atom. The van der Waals surface area contributed by atoms with Crippen molar-refractivity contribution in [2.24, 2.45) is 0 Å². The van der Waals surface area contributed by atoms with Crippen LogP contribution in [0.1, 0.15) is 18.4 Å². The smallest absolute Gasteiger partial charge is 0.0556 e. The lowest BCUT2D eigenvalue weighted by atomic mass is 10.1. The van der Waals surface area contributed by atoms with Crippen molar-refractivity contribution >= 4 is 17.3 Å². The molecule has 3 nitrogen and oxygen atoms in total. The van der Waals surface area contributed by atoms with E-state index in [1.807, 2.05) is 12.1 Å². The maximum Gasteiger partial charge on any atom is 0.0556 e. The van der Waals surface area contributed by atoms with Crippen LogP contribution in [0.4, 0.5) is 5.69 Å². The van der Waals surface area contributed by atoms with Crippen molar-refractivity contribution in [2.45, 2.75) is 19.4 Å². The lowest BCUT2D eigenvalue weighted by Gasteiger charge is -2.22. The molecule has 1 heterocycles. The van der Waals surface area contributed by atoms with Crippen LogP contribution >= 0.6 is 11.6 Å². The molecule has 0 saturated carbocycles. The van der Waals surface area contributed by atoms with Crippen molar-refractivity contribution < 1.29 is 5.11 Å². The van der Waals surface area contributed by atoms with Gasteiger partial charge in [0.1, 0.15) is 0 Å². The van der Waals surface area contributed by atoms with Crippen molar-refractivity contribution in [3.63, 3.8) is 0 Å². The third-order valence-electron chi connectivity index (χ3n) is 3.13. The highest BCUT2D eigenvalue weighted by Crippen LogP contribution is 2.29. The standard InChI is InChI=1S/C13H19ClN2O/c14-12-4-3-5-13(16-7-1-2-8-16)11(12)10-15-6-9-17/h3-5,15,17H,1-2,6-10H2. The maximum atomic E-state index is 8.79. The molecule has 1 fully saturated rings. The zero-order valence-electron chi connectivity index (χ0n) is 9.95. The number of halogens is 1. The Bertz CT molecular complexity index is 364. The van der Waals surface area contributed by atoms with Crippen molar-refractivity contribution in [3.8, 4) is 0 Å². The second-order valence-corrected chi connectivity index (χ2v) is 4.74. The number of anilines is 1. The maximum absolute atomic E-state index is 8.79. The SMILES string of the molecule is OCCNCc1c(Cl)cccc1N1CCCC1. The fraction of sp³-hybridized carbons (Fsp3) is 0.538. The molecule has 1 aromatic rings. The van der Waals surface area contributed by atoms with Gasteiger partial charge in [-0.25, -0.2) is 0 Å². The Morgan fingerprint density at radius 2 is 2.06 bits per heavy atom. The molecule has 0 aliphatic carbocycles. The third-order valence-corrected chi connectivity index (χ3v) is 3.49. The molecule has 94 valence electrons. The first-order valence-corrected chi connectivity index (χ1v) is 6.54. The molecule has 4 heteroatoms. The highest BCUT2D eigenvalue weighted by atomic mass is 35.5. The first kappa shape index (κ1) is 12.7. The quantitative estimate of drug-likeness (QED) is 0.790. The van der Waals surface area contributed by atoms with Gasteiger partial charge in [0.2, 0.25) is 0 Å². The largest absolute Gasteiger partial charge is 0.395 e. The zero-order chi connectivity index (χ0) is 12.1. The Kier molecular flexibility index (Phi) is 4.66. The summed E-state index contributed by atoms with van der Waals surface area (Å²) in [5.41, 5.74) is 2.38. The fourth-order valence-electron chi connectivity index (χ4n) is 2.27. The Balaban J connectivity index is 2.15. The van der Waals surface area contributed by atoms with E-state index >= 15 is 0 Å². The van der Waals surface area contributed by atoms with E-state index in [0.717, 1.165) is 23.7 Å². The fourth-order valence-corrected chi connectivity index (χ4v) is 2.51. The van der Waals surface area contributed by atoms with E-state index in [0.29, 0.717) is 13.1 Å². The monoisotopic (exact) mass is 254 g/mol. The van der Waals surface area contributed by atoms with Gasteiger partial charge in [0, 0.05) is 42.5 Å². The van der Waals surface area contributed by atoms with Gasteiger partial charge in [0.05, 0.1) is 6.61 Å². The van der Waals surface area contributed by atoms with Crippen LogP contribution in [-0.2, 0) is 6.54 Å². The van der Waals surface area contributed by atoms with Crippen LogP contribution in [0.2, 0.25) is 5.02 Å². The van der Waals surface area contributed by atoms with Gasteiger partial charge in [-0.15, -0.1) is 0 Å². The van der Waals surface area contributed by atoms with E-state index in [2.05, 4.69) is 16.3 Å². The molecular weight excluding hydrogens is 236 g/mol. The van der Waals surface area contributed by atoms with Gasteiger partial charge in [-0.05, 0) is 25.0 Å². The Labute approximate surface area is 107 Å². The molecule has 0 spiro atoms. The average molecular weight is 255 g/mol. The van der Waals surface area contributed by atoms with E-state index in [9.17, 15) is 0 Å². The molecule has 1 aromatic carbocycles. The lowest BCUT2D eigenvalue weighted by molar-refractivity contribution is 0.292. The Morgan fingerprint density at radius 1 is 1.29 bits per heavy atom. The minimum absolute atomic E-state index is 0.156. The molecule has 0 bridgehead atoms. The summed E-state index contributed by atoms with van der Waals surface area (Å²) in [6.45, 7) is 3.71. The summed E-state index contributed by atoms with van der Waals surface area (Å²) >= 11 is 6.26. The van der Waals surface area contributed by atoms with Gasteiger partial charge in [0.25, 0.3) is 0 Å². The van der Waals surface area contributed by atoms with Crippen molar-refractivity contribution in [1.82, 2.24) is 5.32 Å². The molecule has 2 rings (SSSR count). The summed E-state index contributed by atoms with van der Waals surface area (Å²) in [6, 6.07) is 6.07. The van der Waals surface area contributed by atoms with Crippen LogP contribution in [-0.4, -0.2) is 31.3 Å². The van der Waals surface area contributed by atoms with Gasteiger partial charge in [-0.3, -0.25) is 0 Å². The van der Waals surface area contributed by atoms with E-state index in [1.165, 1.54) is 18.5 Å². The number of rotatable bonds is 5. The van der Waals surface area contributed by atoms with Gasteiger partial charge in [-0.2, -0.15) is 0 Å². The summed E-state index contributed by atoms with van der Waals surface area (Å²) < 4.78 is 0. The van der Waals surface area contributed by atoms with Crippen LogP contribution in [0.25, 0.3) is 0 Å². The lowest BCUT2D eigenvalue weighted by Crippen LogP contribution is -2.23. The topological polar surface area (TPSA) is 35.5 Å². The van der Waals surface area contributed by atoms with E-state index in [4.69, 9.17) is 16.7 Å². The molecule has 1 aliphatic rings. The highest BCUT2D eigenvalue weighted by Gasteiger charge is 2.16. The van der Waals surface area contributed by atoms with Crippen LogP contribution in [0.15, 0.2) is 18.2 Å². The predicted molar refractivity (Wildman–Crippen MR) is 71.7 cm³/mol. The van der Waals surface area contributed by atoms with E-state index < -0.39 is 0 Å². The average Bonchev–Trinajstić information content (AvgIpc) is 2.85. The molecule has 0 amide bonds. The molecule has 0 unspecified atom stereocenters. The minimum Gasteiger partial charge on any atom is -0.395 e. The summed E-state index contributed by atoms with van der Waals surface area (Å²) in [5, 5.41) is 12.8. The molecule has 0 radical (unpaired) electrons. The zero-order valence-corrected chi connectivity index (χ0v) is 10.7. The number of benzene rings is 1. The van der Waals surface area contributed by atoms with E-state index in [-0.39, 0.29) is 6.61 Å². The van der Waals surface area contributed by atoms with Crippen LogP contribution in [0, 0.1) is 0 Å². The van der Waals surface area contributed by atoms with Gasteiger partial charge < -0.3 is 15.3 Å². The minimum atomic E-state index is 0.156. The van der Waals surface area contributed by atoms with Crippen LogP contribution in [0.3, 0.4) is 0 Å². The van der Waals surface area contributed by atoms with Crippen molar-refractivity contribution in [1.29, 1.82) is 0 Å². The van der Waals surface area contributed by atoms with Gasteiger partial charge in [-0.1, -0.05) is 17.7 Å². The van der Waals surface area contributed by atoms with Gasteiger partial charge >= 0.3 is 0 Å². The van der Waals surface area contributed by atoms with Crippen molar-refractivity contribution in [3.05, 3.63) is 28.8 Å². The van der Waals surface area contributed by atoms with Crippen LogP contribution in [0.5, 0.6) is 0 Å². The number of aliphatic hydroxyl groups is 1. The molecular formula is C13H19ClN2O. The molecule has 1 saturated heterocycles. The normalized spacial score (nSPS) is 15.5. The summed E-state index contributed by atoms with van der Waals surface area (Å²) in [7, 11) is 0. The summed E-state index contributed by atoms with van der Waals surface area (Å²) in [6.07, 6.45) is 2.52. The third kappa shape index (κ3) is 3.12. The predicted octanol–water partition coefficient (Wildman–Crippen LogP) is 2.02. The first-order chi connectivity index (χ1) is 8.33. The Hall–Kier alpha value is -0.770. The number of nitrogens with one attached hydrogen (secondary N) is 1. The number of aliphatic hydroxyl groups excluding tert-OH is 1. The summed E-state index contributed by atoms with van der Waals surface area (Å²) in [4.78, 5) is 2.39. The summed E-state index contributed by atoms with van der Waals surface area (Å²) in [5.74, 6) is 0. The number of hydrogen-bond donors (Lipinski definition) is 2. The van der Waals surface area contributed by atoms with E-state index in [1.54, 1.807) is 0 Å². The molecule has 2 N–H and O–H groups in total. The molecule has 1 aliphatic heterocycles. The second-order valence-electron chi connectivity index (χ2n) is 4.33. The second kappa shape index (κ2) is 6.24. The number of hydrogen-bond acceptors (Lipinski definition) is 3.